The Morgan fingerprint density at radius 1 is 1.59 bits per heavy atom. The summed E-state index contributed by atoms with van der Waals surface area (Å²) in [5, 5.41) is 16.9. The number of aliphatic hydroxyl groups is 1. The molecule has 0 bridgehead atoms. The van der Waals surface area contributed by atoms with Gasteiger partial charge in [0.25, 0.3) is 5.78 Å². The smallest absolute Gasteiger partial charge is 0.255 e. The molecule has 2 rings (SSSR count). The summed E-state index contributed by atoms with van der Waals surface area (Å²) >= 11 is 6.02. The number of halogens is 1. The van der Waals surface area contributed by atoms with Crippen molar-refractivity contribution in [2.45, 2.75) is 26.3 Å². The van der Waals surface area contributed by atoms with Crippen LogP contribution in [0.1, 0.15) is 18.9 Å². The van der Waals surface area contributed by atoms with E-state index in [9.17, 15) is 5.11 Å². The zero-order chi connectivity index (χ0) is 12.4. The number of nitrogens with zero attached hydrogens (tertiary/aromatic N) is 4. The lowest BCUT2D eigenvalue weighted by Gasteiger charge is -2.18. The van der Waals surface area contributed by atoms with Gasteiger partial charge in [-0.1, -0.05) is 18.5 Å². The van der Waals surface area contributed by atoms with Gasteiger partial charge in [-0.2, -0.15) is 19.6 Å². The summed E-state index contributed by atoms with van der Waals surface area (Å²) in [6.45, 7) is 3.89. The lowest BCUT2D eigenvalue weighted by molar-refractivity contribution is 0.271. The molecule has 0 aromatic carbocycles. The Kier molecular flexibility index (Phi) is 3.44. The van der Waals surface area contributed by atoms with Crippen LogP contribution in [0, 0.1) is 6.92 Å². The fourth-order valence-corrected chi connectivity index (χ4v) is 1.70. The maximum Gasteiger partial charge on any atom is 0.255 e. The first kappa shape index (κ1) is 12.1. The molecule has 2 N–H and O–H groups in total. The molecule has 2 heterocycles. The highest BCUT2D eigenvalue weighted by Crippen LogP contribution is 2.22. The lowest BCUT2D eigenvalue weighted by atomic mass is 10.2. The van der Waals surface area contributed by atoms with E-state index >= 15 is 0 Å². The van der Waals surface area contributed by atoms with Gasteiger partial charge in [0.15, 0.2) is 0 Å². The van der Waals surface area contributed by atoms with Crippen LogP contribution in [0.15, 0.2) is 6.33 Å². The molecule has 1 atom stereocenters. The van der Waals surface area contributed by atoms with Gasteiger partial charge in [0.1, 0.15) is 17.3 Å². The third kappa shape index (κ3) is 2.18. The number of fused-ring (bicyclic) bond motifs is 1. The molecule has 0 amide bonds. The zero-order valence-electron chi connectivity index (χ0n) is 9.68. The van der Waals surface area contributed by atoms with Crippen molar-refractivity contribution in [3.63, 3.8) is 0 Å². The summed E-state index contributed by atoms with van der Waals surface area (Å²) in [5.41, 5.74) is 0.788. The Morgan fingerprint density at radius 3 is 3.00 bits per heavy atom. The van der Waals surface area contributed by atoms with Gasteiger partial charge in [-0.15, -0.1) is 0 Å². The average molecular weight is 256 g/mol. The van der Waals surface area contributed by atoms with E-state index in [1.165, 1.54) is 6.33 Å². The van der Waals surface area contributed by atoms with Crippen molar-refractivity contribution in [1.82, 2.24) is 19.6 Å². The second-order valence-corrected chi connectivity index (χ2v) is 4.14. The van der Waals surface area contributed by atoms with Crippen LogP contribution in [0.4, 0.5) is 5.82 Å². The molecule has 0 aliphatic carbocycles. The molecule has 0 fully saturated rings. The molecule has 92 valence electrons. The van der Waals surface area contributed by atoms with E-state index in [2.05, 4.69) is 20.4 Å². The summed E-state index contributed by atoms with van der Waals surface area (Å²) in [6.07, 6.45) is 2.22. The minimum absolute atomic E-state index is 0.0421. The summed E-state index contributed by atoms with van der Waals surface area (Å²) in [7, 11) is 0. The van der Waals surface area contributed by atoms with Gasteiger partial charge in [0, 0.05) is 5.56 Å². The Morgan fingerprint density at radius 2 is 2.35 bits per heavy atom. The molecule has 0 aliphatic rings. The van der Waals surface area contributed by atoms with Crippen LogP contribution in [0.5, 0.6) is 0 Å². The van der Waals surface area contributed by atoms with Crippen molar-refractivity contribution >= 4 is 23.2 Å². The van der Waals surface area contributed by atoms with Crippen LogP contribution in [0.2, 0.25) is 5.15 Å². The minimum Gasteiger partial charge on any atom is -0.394 e. The van der Waals surface area contributed by atoms with Gasteiger partial charge in [0.2, 0.25) is 0 Å². The first-order valence-electron chi connectivity index (χ1n) is 5.40. The van der Waals surface area contributed by atoms with E-state index in [-0.39, 0.29) is 12.6 Å². The van der Waals surface area contributed by atoms with Crippen LogP contribution in [0.25, 0.3) is 5.78 Å². The van der Waals surface area contributed by atoms with Crippen LogP contribution in [0.3, 0.4) is 0 Å². The highest BCUT2D eigenvalue weighted by atomic mass is 35.5. The van der Waals surface area contributed by atoms with Crippen LogP contribution in [-0.2, 0) is 0 Å². The largest absolute Gasteiger partial charge is 0.394 e. The van der Waals surface area contributed by atoms with Crippen LogP contribution >= 0.6 is 11.6 Å². The first-order chi connectivity index (χ1) is 8.17. The van der Waals surface area contributed by atoms with Gasteiger partial charge in [-0.05, 0) is 13.3 Å². The van der Waals surface area contributed by atoms with Gasteiger partial charge < -0.3 is 10.4 Å². The third-order valence-corrected chi connectivity index (χ3v) is 3.03. The predicted molar refractivity (Wildman–Crippen MR) is 65.3 cm³/mol. The summed E-state index contributed by atoms with van der Waals surface area (Å²) in [6, 6.07) is -0.0421. The molecule has 2 aromatic rings. The van der Waals surface area contributed by atoms with Gasteiger partial charge >= 0.3 is 0 Å². The normalized spacial score (nSPS) is 12.9. The lowest BCUT2D eigenvalue weighted by Crippen LogP contribution is -2.25. The fourth-order valence-electron chi connectivity index (χ4n) is 1.54. The van der Waals surface area contributed by atoms with Crippen molar-refractivity contribution in [2.24, 2.45) is 0 Å². The second-order valence-electron chi connectivity index (χ2n) is 3.78. The molecular weight excluding hydrogens is 242 g/mol. The standard InChI is InChI=1S/C10H14ClN5O/c1-3-7(4-17)14-9-6(2)8(11)15-10-12-5-13-16(9)10/h5,7,14,17H,3-4H2,1-2H3. The highest BCUT2D eigenvalue weighted by Gasteiger charge is 2.14. The van der Waals surface area contributed by atoms with Gasteiger partial charge in [-0.25, -0.2) is 0 Å². The molecule has 0 saturated carbocycles. The number of nitrogens with one attached hydrogen (secondary N) is 1. The van der Waals surface area contributed by atoms with Gasteiger partial charge in [0.05, 0.1) is 12.6 Å². The van der Waals surface area contributed by atoms with Crippen molar-refractivity contribution in [1.29, 1.82) is 0 Å². The molecule has 17 heavy (non-hydrogen) atoms. The monoisotopic (exact) mass is 255 g/mol. The minimum atomic E-state index is -0.0421. The molecule has 0 saturated heterocycles. The highest BCUT2D eigenvalue weighted by molar-refractivity contribution is 6.30. The number of rotatable bonds is 4. The van der Waals surface area contributed by atoms with Crippen molar-refractivity contribution < 1.29 is 5.11 Å². The predicted octanol–water partition coefficient (Wildman–Crippen LogP) is 1.27. The fraction of sp³-hybridized carbons (Fsp3) is 0.500. The van der Waals surface area contributed by atoms with E-state index in [0.29, 0.717) is 10.9 Å². The first-order valence-corrected chi connectivity index (χ1v) is 5.78. The average Bonchev–Trinajstić information content (AvgIpc) is 2.78. The molecule has 1 unspecified atom stereocenters. The molecule has 0 radical (unpaired) electrons. The Hall–Kier alpha value is -1.40. The Balaban J connectivity index is 2.50. The number of hydrogen-bond donors (Lipinski definition) is 2. The van der Waals surface area contributed by atoms with Crippen LogP contribution < -0.4 is 5.32 Å². The van der Waals surface area contributed by atoms with E-state index < -0.39 is 0 Å². The van der Waals surface area contributed by atoms with Gasteiger partial charge in [-0.3, -0.25) is 0 Å². The van der Waals surface area contributed by atoms with E-state index in [0.717, 1.165) is 17.8 Å². The summed E-state index contributed by atoms with van der Waals surface area (Å²) in [4.78, 5) is 8.10. The quantitative estimate of drug-likeness (QED) is 0.805. The van der Waals surface area contributed by atoms with E-state index in [1.807, 2.05) is 13.8 Å². The summed E-state index contributed by atoms with van der Waals surface area (Å²) in [5.74, 6) is 1.16. The molecular formula is C10H14ClN5O. The van der Waals surface area contributed by atoms with E-state index in [1.54, 1.807) is 4.52 Å². The molecule has 7 heteroatoms. The number of aromatic nitrogens is 4. The number of hydrogen-bond acceptors (Lipinski definition) is 5. The van der Waals surface area contributed by atoms with Crippen LogP contribution in [-0.4, -0.2) is 37.3 Å². The van der Waals surface area contributed by atoms with Crippen molar-refractivity contribution in [2.75, 3.05) is 11.9 Å². The maximum atomic E-state index is 9.21. The second kappa shape index (κ2) is 4.85. The summed E-state index contributed by atoms with van der Waals surface area (Å²) < 4.78 is 1.58. The topological polar surface area (TPSA) is 75.3 Å². The Bertz CT molecular complexity index is 523. The SMILES string of the molecule is CCC(CO)Nc1c(C)c(Cl)nc2ncnn12. The zero-order valence-corrected chi connectivity index (χ0v) is 10.4. The molecule has 0 spiro atoms. The number of aliphatic hydroxyl groups excluding tert-OH is 1. The Labute approximate surface area is 104 Å². The van der Waals surface area contributed by atoms with E-state index in [4.69, 9.17) is 11.6 Å². The molecule has 0 aliphatic heterocycles. The third-order valence-electron chi connectivity index (χ3n) is 2.66. The van der Waals surface area contributed by atoms with Crippen molar-refractivity contribution in [3.05, 3.63) is 17.0 Å². The molecule has 2 aromatic heterocycles. The number of anilines is 1. The molecule has 6 nitrogen and oxygen atoms in total. The van der Waals surface area contributed by atoms with Crippen molar-refractivity contribution in [3.8, 4) is 0 Å². The maximum absolute atomic E-state index is 9.21.